The summed E-state index contributed by atoms with van der Waals surface area (Å²) in [7, 11) is 0. The lowest BCUT2D eigenvalue weighted by atomic mass is 10.2. The van der Waals surface area contributed by atoms with Crippen LogP contribution in [0.15, 0.2) is 53.5 Å². The molecule has 1 aliphatic heterocycles. The fraction of sp³-hybridized carbons (Fsp3) is 0.263. The molecule has 26 heavy (non-hydrogen) atoms. The predicted molar refractivity (Wildman–Crippen MR) is 94.0 cm³/mol. The van der Waals surface area contributed by atoms with Gasteiger partial charge in [-0.3, -0.25) is 19.7 Å². The maximum absolute atomic E-state index is 12.2. The molecule has 0 saturated carbocycles. The zero-order chi connectivity index (χ0) is 17.8. The van der Waals surface area contributed by atoms with Gasteiger partial charge in [-0.05, 0) is 35.7 Å². The van der Waals surface area contributed by atoms with Crippen molar-refractivity contribution in [3.8, 4) is 0 Å². The highest BCUT2D eigenvalue weighted by Crippen LogP contribution is 2.24. The van der Waals surface area contributed by atoms with Gasteiger partial charge < -0.3 is 9.73 Å². The number of hydrogen-bond donors (Lipinski definition) is 1. The summed E-state index contributed by atoms with van der Waals surface area (Å²) in [6.45, 7) is 2.65. The second kappa shape index (κ2) is 7.45. The van der Waals surface area contributed by atoms with Crippen molar-refractivity contribution in [2.24, 2.45) is 0 Å². The van der Waals surface area contributed by atoms with Crippen molar-refractivity contribution in [3.63, 3.8) is 0 Å². The Kier molecular flexibility index (Phi) is 4.70. The lowest BCUT2D eigenvalue weighted by Crippen LogP contribution is -2.26. The minimum absolute atomic E-state index is 0.144. The van der Waals surface area contributed by atoms with Crippen LogP contribution in [0.2, 0.25) is 0 Å². The van der Waals surface area contributed by atoms with Crippen LogP contribution in [-0.2, 0) is 26.1 Å². The maximum Gasteiger partial charge on any atom is 0.307 e. The number of carbonyl (C=O) groups is 1. The summed E-state index contributed by atoms with van der Waals surface area (Å²) < 4.78 is 5.67. The molecule has 7 heteroatoms. The lowest BCUT2D eigenvalue weighted by molar-refractivity contribution is 0.0914. The van der Waals surface area contributed by atoms with Gasteiger partial charge in [0.1, 0.15) is 5.76 Å². The molecule has 0 saturated heterocycles. The summed E-state index contributed by atoms with van der Waals surface area (Å²) in [6.07, 6.45) is 7.85. The van der Waals surface area contributed by atoms with Gasteiger partial charge in [-0.2, -0.15) is 0 Å². The van der Waals surface area contributed by atoms with Crippen LogP contribution in [0.5, 0.6) is 0 Å². The van der Waals surface area contributed by atoms with Gasteiger partial charge in [0.25, 0.3) is 5.89 Å². The van der Waals surface area contributed by atoms with Crippen molar-refractivity contribution in [2.75, 3.05) is 6.54 Å². The predicted octanol–water partition coefficient (Wildman–Crippen LogP) is 1.95. The molecule has 0 fully saturated rings. The maximum atomic E-state index is 12.2. The molecule has 0 unspecified atom stereocenters. The number of rotatable bonds is 6. The molecule has 1 amide bonds. The molecular formula is C19H19N5O2. The normalized spacial score (nSPS) is 13.5. The van der Waals surface area contributed by atoms with Crippen molar-refractivity contribution < 1.29 is 9.21 Å². The summed E-state index contributed by atoms with van der Waals surface area (Å²) in [6, 6.07) is 7.84. The Morgan fingerprint density at radius 3 is 2.77 bits per heavy atom. The first-order valence-electron chi connectivity index (χ1n) is 8.55. The summed E-state index contributed by atoms with van der Waals surface area (Å²) in [4.78, 5) is 26.9. The second-order valence-electron chi connectivity index (χ2n) is 6.26. The van der Waals surface area contributed by atoms with Crippen molar-refractivity contribution in [1.82, 2.24) is 25.2 Å². The summed E-state index contributed by atoms with van der Waals surface area (Å²) in [5.74, 6) is 0.645. The summed E-state index contributed by atoms with van der Waals surface area (Å²) in [5.41, 5.74) is 3.11. The highest BCUT2D eigenvalue weighted by atomic mass is 16.4. The van der Waals surface area contributed by atoms with Crippen LogP contribution in [0.4, 0.5) is 0 Å². The van der Waals surface area contributed by atoms with Gasteiger partial charge in [0.2, 0.25) is 0 Å². The monoisotopic (exact) mass is 349 g/mol. The van der Waals surface area contributed by atoms with E-state index < -0.39 is 0 Å². The Labute approximate surface area is 151 Å². The van der Waals surface area contributed by atoms with Gasteiger partial charge in [-0.25, -0.2) is 4.98 Å². The molecule has 1 N–H and O–H groups in total. The molecule has 0 atom stereocenters. The average molecular weight is 349 g/mol. The Morgan fingerprint density at radius 2 is 2.00 bits per heavy atom. The van der Waals surface area contributed by atoms with Crippen molar-refractivity contribution in [1.29, 1.82) is 0 Å². The van der Waals surface area contributed by atoms with Gasteiger partial charge in [-0.1, -0.05) is 6.07 Å². The molecule has 0 radical (unpaired) electrons. The third-order valence-corrected chi connectivity index (χ3v) is 4.29. The molecule has 0 bridgehead atoms. The van der Waals surface area contributed by atoms with Crippen LogP contribution in [0.3, 0.4) is 0 Å². The number of nitrogens with zero attached hydrogens (tertiary/aromatic N) is 4. The van der Waals surface area contributed by atoms with Crippen LogP contribution in [0.25, 0.3) is 0 Å². The van der Waals surface area contributed by atoms with Crippen LogP contribution in [-0.4, -0.2) is 32.3 Å². The van der Waals surface area contributed by atoms with E-state index in [1.165, 1.54) is 0 Å². The topological polar surface area (TPSA) is 84.2 Å². The average Bonchev–Trinajstić information content (AvgIpc) is 3.22. The molecule has 1 aliphatic rings. The molecule has 3 aromatic rings. The van der Waals surface area contributed by atoms with E-state index in [4.69, 9.17) is 4.42 Å². The van der Waals surface area contributed by atoms with Crippen LogP contribution in [0, 0.1) is 0 Å². The van der Waals surface area contributed by atoms with E-state index in [0.717, 1.165) is 35.5 Å². The Morgan fingerprint density at radius 1 is 1.12 bits per heavy atom. The molecule has 3 aromatic heterocycles. The molecular weight excluding hydrogens is 330 g/mol. The molecule has 132 valence electrons. The molecule has 0 spiro atoms. The van der Waals surface area contributed by atoms with Gasteiger partial charge in [0.15, 0.2) is 0 Å². The standard InChI is InChI=1S/C19H19N5O2/c25-18(22-9-5-14-3-7-20-8-4-14)19-23-16-12-24(13-17(16)26-19)11-15-2-1-6-21-10-15/h1-4,6-8,10H,5,9,11-13H2,(H,22,25). The first kappa shape index (κ1) is 16.4. The van der Waals surface area contributed by atoms with Gasteiger partial charge in [-0.15, -0.1) is 0 Å². The highest BCUT2D eigenvalue weighted by molar-refractivity contribution is 5.89. The van der Waals surface area contributed by atoms with Crippen molar-refractivity contribution >= 4 is 5.91 Å². The lowest BCUT2D eigenvalue weighted by Gasteiger charge is -2.13. The fourth-order valence-corrected chi connectivity index (χ4v) is 3.01. The number of aromatic nitrogens is 3. The number of fused-ring (bicyclic) bond motifs is 1. The molecule has 0 aliphatic carbocycles. The molecule has 4 heterocycles. The number of amides is 1. The third-order valence-electron chi connectivity index (χ3n) is 4.29. The van der Waals surface area contributed by atoms with E-state index in [-0.39, 0.29) is 11.8 Å². The van der Waals surface area contributed by atoms with Crippen LogP contribution < -0.4 is 5.32 Å². The minimum atomic E-state index is -0.271. The van der Waals surface area contributed by atoms with Crippen molar-refractivity contribution in [2.45, 2.75) is 26.1 Å². The summed E-state index contributed by atoms with van der Waals surface area (Å²) in [5, 5.41) is 2.85. The van der Waals surface area contributed by atoms with E-state index in [2.05, 4.69) is 25.2 Å². The third kappa shape index (κ3) is 3.78. The van der Waals surface area contributed by atoms with Crippen molar-refractivity contribution in [3.05, 3.63) is 77.5 Å². The largest absolute Gasteiger partial charge is 0.436 e. The SMILES string of the molecule is O=C(NCCc1ccncc1)c1nc2c(o1)CN(Cc1cccnc1)C2. The van der Waals surface area contributed by atoms with Crippen LogP contribution >= 0.6 is 0 Å². The second-order valence-corrected chi connectivity index (χ2v) is 6.26. The number of carbonyl (C=O) groups excluding carboxylic acids is 1. The molecule has 4 rings (SSSR count). The first-order valence-corrected chi connectivity index (χ1v) is 8.55. The zero-order valence-electron chi connectivity index (χ0n) is 14.3. The Bertz CT molecular complexity index is 856. The summed E-state index contributed by atoms with van der Waals surface area (Å²) >= 11 is 0. The van der Waals surface area contributed by atoms with Gasteiger partial charge in [0.05, 0.1) is 12.2 Å². The van der Waals surface area contributed by atoms with Gasteiger partial charge in [0, 0.05) is 44.4 Å². The number of oxazole rings is 1. The van der Waals surface area contributed by atoms with Gasteiger partial charge >= 0.3 is 5.91 Å². The molecule has 7 nitrogen and oxygen atoms in total. The molecule has 0 aromatic carbocycles. The quantitative estimate of drug-likeness (QED) is 0.732. The number of pyridine rings is 2. The fourth-order valence-electron chi connectivity index (χ4n) is 3.01. The van der Waals surface area contributed by atoms with E-state index in [1.807, 2.05) is 30.5 Å². The minimum Gasteiger partial charge on any atom is -0.436 e. The highest BCUT2D eigenvalue weighted by Gasteiger charge is 2.27. The number of hydrogen-bond acceptors (Lipinski definition) is 6. The zero-order valence-corrected chi connectivity index (χ0v) is 14.3. The smallest absolute Gasteiger partial charge is 0.307 e. The number of nitrogens with one attached hydrogen (secondary N) is 1. The Balaban J connectivity index is 1.29. The van der Waals surface area contributed by atoms with Crippen LogP contribution in [0.1, 0.15) is 33.3 Å². The van der Waals surface area contributed by atoms with E-state index in [1.54, 1.807) is 18.6 Å². The Hall–Kier alpha value is -3.06. The van der Waals surface area contributed by atoms with E-state index in [0.29, 0.717) is 19.6 Å². The first-order chi connectivity index (χ1) is 12.8. The van der Waals surface area contributed by atoms with E-state index >= 15 is 0 Å². The van der Waals surface area contributed by atoms with E-state index in [9.17, 15) is 4.79 Å².